The van der Waals surface area contributed by atoms with E-state index in [0.717, 1.165) is 0 Å². The van der Waals surface area contributed by atoms with Crippen LogP contribution < -0.4 is 25.4 Å². The summed E-state index contributed by atoms with van der Waals surface area (Å²) in [6.07, 6.45) is 0. The predicted molar refractivity (Wildman–Crippen MR) is 92.0 cm³/mol. The van der Waals surface area contributed by atoms with E-state index >= 15 is 0 Å². The van der Waals surface area contributed by atoms with E-state index in [-0.39, 0.29) is 0 Å². The van der Waals surface area contributed by atoms with Crippen molar-refractivity contribution in [2.45, 2.75) is 6.92 Å². The summed E-state index contributed by atoms with van der Waals surface area (Å²) in [7, 11) is 3.15. The van der Waals surface area contributed by atoms with Crippen molar-refractivity contribution < 1.29 is 14.0 Å². The Bertz CT molecular complexity index is 923. The molecule has 0 atom stereocenters. The fourth-order valence-electron chi connectivity index (χ4n) is 2.67. The summed E-state index contributed by atoms with van der Waals surface area (Å²) in [5.41, 5.74) is 0.249. The fraction of sp³-hybridized carbons (Fsp3) is 0.167. The maximum atomic E-state index is 12.3. The van der Waals surface area contributed by atoms with Gasteiger partial charge in [0.25, 0.3) is 0 Å². The first-order valence-electron chi connectivity index (χ1n) is 7.62. The molecule has 0 fully saturated rings. The molecule has 0 amide bonds. The average Bonchev–Trinajstić information content (AvgIpc) is 2.62. The van der Waals surface area contributed by atoms with Crippen LogP contribution in [0.5, 0.6) is 11.5 Å². The third-order valence-electron chi connectivity index (χ3n) is 3.93. The van der Waals surface area contributed by atoms with Gasteiger partial charge in [0.15, 0.2) is 0 Å². The van der Waals surface area contributed by atoms with Crippen LogP contribution in [-0.4, -0.2) is 23.8 Å². The van der Waals surface area contributed by atoms with Gasteiger partial charge in [-0.2, -0.15) is 14.1 Å². The topological polar surface area (TPSA) is 77.2 Å². The Morgan fingerprint density at radius 1 is 0.880 bits per heavy atom. The lowest BCUT2D eigenvalue weighted by atomic mass is 10.3. The number of benzene rings is 2. The molecule has 0 aliphatic rings. The summed E-state index contributed by atoms with van der Waals surface area (Å²) >= 11 is 0. The zero-order valence-electron chi connectivity index (χ0n) is 14.1. The van der Waals surface area contributed by atoms with E-state index in [1.54, 1.807) is 69.7 Å². The summed E-state index contributed by atoms with van der Waals surface area (Å²) in [5.74, 6) is 1.84. The van der Waals surface area contributed by atoms with Crippen LogP contribution in [0, 0.1) is 6.92 Å². The summed E-state index contributed by atoms with van der Waals surface area (Å²) in [5, 5.41) is 0. The van der Waals surface area contributed by atoms with Gasteiger partial charge in [0.05, 0.1) is 14.2 Å². The number of ether oxygens (including phenoxy) is 2. The Kier molecular flexibility index (Phi) is 4.38. The van der Waals surface area contributed by atoms with Gasteiger partial charge in [0, 0.05) is 6.92 Å². The first kappa shape index (κ1) is 16.5. The lowest BCUT2D eigenvalue weighted by molar-refractivity contribution is -0.627. The molecule has 3 rings (SSSR count). The van der Waals surface area contributed by atoms with E-state index < -0.39 is 11.4 Å². The molecule has 0 unspecified atom stereocenters. The molecule has 2 aromatic carbocycles. The van der Waals surface area contributed by atoms with Gasteiger partial charge in [0.1, 0.15) is 22.9 Å². The standard InChI is InChI=1S/C18H17N3O4/c1-12-20(13-4-8-15(24-2)9-5-13)17(22)19-18(23)21(12)14-6-10-16(25-3)11-7-14/h4-11H,1-3H3/p+1. The fourth-order valence-corrected chi connectivity index (χ4v) is 2.67. The first-order chi connectivity index (χ1) is 12.0. The normalized spacial score (nSPS) is 10.5. The number of aromatic amines is 1. The lowest BCUT2D eigenvalue weighted by Crippen LogP contribution is -2.57. The maximum absolute atomic E-state index is 12.3. The van der Waals surface area contributed by atoms with Crippen molar-refractivity contribution in [3.8, 4) is 22.9 Å². The maximum Gasteiger partial charge on any atom is 0.451 e. The van der Waals surface area contributed by atoms with Crippen LogP contribution in [0.25, 0.3) is 11.4 Å². The number of methoxy groups -OCH3 is 2. The molecule has 0 bridgehead atoms. The second-order valence-corrected chi connectivity index (χ2v) is 5.35. The van der Waals surface area contributed by atoms with Crippen molar-refractivity contribution in [3.63, 3.8) is 0 Å². The lowest BCUT2D eigenvalue weighted by Gasteiger charge is -2.09. The molecule has 0 aliphatic carbocycles. The van der Waals surface area contributed by atoms with E-state index in [1.807, 2.05) is 0 Å². The second kappa shape index (κ2) is 6.64. The number of H-pyrrole nitrogens is 1. The molecule has 0 radical (unpaired) electrons. The molecule has 1 aromatic heterocycles. The van der Waals surface area contributed by atoms with E-state index in [0.29, 0.717) is 28.7 Å². The zero-order chi connectivity index (χ0) is 18.0. The highest BCUT2D eigenvalue weighted by molar-refractivity contribution is 5.38. The Hall–Kier alpha value is -3.35. The predicted octanol–water partition coefficient (Wildman–Crippen LogP) is 1.13. The molecule has 0 saturated carbocycles. The van der Waals surface area contributed by atoms with Gasteiger partial charge in [0.2, 0.25) is 5.82 Å². The third-order valence-corrected chi connectivity index (χ3v) is 3.93. The third kappa shape index (κ3) is 3.03. The molecular formula is C18H18N3O4+. The molecule has 0 saturated heterocycles. The van der Waals surface area contributed by atoms with E-state index in [2.05, 4.69) is 4.98 Å². The van der Waals surface area contributed by atoms with Crippen molar-refractivity contribution in [1.82, 2.24) is 9.55 Å². The van der Waals surface area contributed by atoms with Gasteiger partial charge >= 0.3 is 11.4 Å². The van der Waals surface area contributed by atoms with Gasteiger partial charge in [-0.3, -0.25) is 0 Å². The van der Waals surface area contributed by atoms with Crippen molar-refractivity contribution in [2.75, 3.05) is 14.2 Å². The number of rotatable bonds is 4. The number of hydrogen-bond donors (Lipinski definition) is 1. The van der Waals surface area contributed by atoms with Crippen LogP contribution >= 0.6 is 0 Å². The van der Waals surface area contributed by atoms with Crippen molar-refractivity contribution >= 4 is 0 Å². The average molecular weight is 340 g/mol. The van der Waals surface area contributed by atoms with Gasteiger partial charge in [-0.25, -0.2) is 9.59 Å². The minimum atomic E-state index is -0.502. The number of nitrogens with one attached hydrogen (secondary N) is 1. The second-order valence-electron chi connectivity index (χ2n) is 5.35. The smallest absolute Gasteiger partial charge is 0.451 e. The Morgan fingerprint density at radius 2 is 1.40 bits per heavy atom. The molecule has 1 heterocycles. The molecule has 0 aliphatic heterocycles. The Morgan fingerprint density at radius 3 is 1.92 bits per heavy atom. The molecule has 128 valence electrons. The van der Waals surface area contributed by atoms with Crippen molar-refractivity contribution in [2.24, 2.45) is 0 Å². The minimum Gasteiger partial charge on any atom is -0.497 e. The summed E-state index contributed by atoms with van der Waals surface area (Å²) in [6, 6.07) is 14.0. The number of hydrogen-bond acceptors (Lipinski definition) is 4. The quantitative estimate of drug-likeness (QED) is 0.722. The van der Waals surface area contributed by atoms with Gasteiger partial charge < -0.3 is 9.47 Å². The molecule has 3 aromatic rings. The molecule has 25 heavy (non-hydrogen) atoms. The summed E-state index contributed by atoms with van der Waals surface area (Å²) in [4.78, 5) is 27.0. The van der Waals surface area contributed by atoms with Crippen molar-refractivity contribution in [3.05, 3.63) is 75.3 Å². The Labute approximate surface area is 143 Å². The van der Waals surface area contributed by atoms with Crippen molar-refractivity contribution in [1.29, 1.82) is 0 Å². The Balaban J connectivity index is 2.20. The number of nitrogens with zero attached hydrogens (tertiary/aromatic N) is 2. The molecular weight excluding hydrogens is 322 g/mol. The first-order valence-corrected chi connectivity index (χ1v) is 7.62. The van der Waals surface area contributed by atoms with Crippen LogP contribution in [0.2, 0.25) is 0 Å². The molecule has 7 heteroatoms. The molecule has 7 nitrogen and oxygen atoms in total. The van der Waals surface area contributed by atoms with E-state index in [4.69, 9.17) is 9.47 Å². The zero-order valence-corrected chi connectivity index (χ0v) is 14.1. The highest BCUT2D eigenvalue weighted by Crippen LogP contribution is 2.15. The highest BCUT2D eigenvalue weighted by Gasteiger charge is 2.20. The summed E-state index contributed by atoms with van der Waals surface area (Å²) < 4.78 is 13.1. The van der Waals surface area contributed by atoms with E-state index in [9.17, 15) is 9.59 Å². The van der Waals surface area contributed by atoms with Crippen LogP contribution in [0.4, 0.5) is 0 Å². The van der Waals surface area contributed by atoms with Gasteiger partial charge in [-0.1, -0.05) is 0 Å². The summed E-state index contributed by atoms with van der Waals surface area (Å²) in [6.45, 7) is 1.71. The molecule has 0 spiro atoms. The minimum absolute atomic E-state index is 0.476. The van der Waals surface area contributed by atoms with E-state index in [1.165, 1.54) is 9.13 Å². The van der Waals surface area contributed by atoms with Gasteiger partial charge in [-0.05, 0) is 48.5 Å². The largest absolute Gasteiger partial charge is 0.497 e. The van der Waals surface area contributed by atoms with Crippen LogP contribution in [-0.2, 0) is 0 Å². The highest BCUT2D eigenvalue weighted by atomic mass is 16.5. The van der Waals surface area contributed by atoms with Crippen LogP contribution in [0.3, 0.4) is 0 Å². The molecule has 1 N–H and O–H groups in total. The number of aromatic nitrogens is 3. The van der Waals surface area contributed by atoms with Crippen LogP contribution in [0.1, 0.15) is 5.82 Å². The SMILES string of the molecule is COc1ccc(-n2c(C)[n+](-c3ccc(OC)cc3)c(=O)[nH]c2=O)cc1. The monoisotopic (exact) mass is 340 g/mol. The van der Waals surface area contributed by atoms with Crippen LogP contribution in [0.15, 0.2) is 58.1 Å². The van der Waals surface area contributed by atoms with Gasteiger partial charge in [-0.15, -0.1) is 0 Å².